The molecule has 0 bridgehead atoms. The van der Waals surface area contributed by atoms with Crippen LogP contribution in [0.4, 0.5) is 5.88 Å². The standard InChI is InChI=1S/C14H20N4O2/c1-9-10(2)20-14(12(9)6-15)17-13(19)8-18-5-4-11(7-18)16-3/h11,16H,4-5,7-8H2,1-3H3,(H,17,19). The van der Waals surface area contributed by atoms with Crippen molar-refractivity contribution in [1.29, 1.82) is 5.26 Å². The summed E-state index contributed by atoms with van der Waals surface area (Å²) >= 11 is 0. The fourth-order valence-electron chi connectivity index (χ4n) is 2.43. The Morgan fingerprint density at radius 2 is 2.30 bits per heavy atom. The van der Waals surface area contributed by atoms with Gasteiger partial charge in [-0.2, -0.15) is 5.26 Å². The first-order valence-electron chi connectivity index (χ1n) is 6.74. The van der Waals surface area contributed by atoms with Crippen molar-refractivity contribution >= 4 is 11.8 Å². The Balaban J connectivity index is 1.96. The molecule has 20 heavy (non-hydrogen) atoms. The summed E-state index contributed by atoms with van der Waals surface area (Å²) < 4.78 is 5.43. The molecule has 1 atom stereocenters. The predicted molar refractivity (Wildman–Crippen MR) is 75.4 cm³/mol. The molecule has 6 nitrogen and oxygen atoms in total. The Morgan fingerprint density at radius 3 is 2.90 bits per heavy atom. The van der Waals surface area contributed by atoms with Crippen LogP contribution in [0, 0.1) is 25.2 Å². The Bertz CT molecular complexity index is 544. The van der Waals surface area contributed by atoms with E-state index in [2.05, 4.69) is 21.6 Å². The molecule has 2 heterocycles. The Labute approximate surface area is 118 Å². The van der Waals surface area contributed by atoms with Gasteiger partial charge in [-0.15, -0.1) is 0 Å². The highest BCUT2D eigenvalue weighted by molar-refractivity contribution is 5.92. The van der Waals surface area contributed by atoms with Crippen molar-refractivity contribution in [2.24, 2.45) is 0 Å². The van der Waals surface area contributed by atoms with Crippen LogP contribution in [0.1, 0.15) is 23.3 Å². The second-order valence-electron chi connectivity index (χ2n) is 5.16. The minimum Gasteiger partial charge on any atom is -0.444 e. The van der Waals surface area contributed by atoms with Gasteiger partial charge in [-0.1, -0.05) is 0 Å². The Kier molecular flexibility index (Phi) is 4.42. The van der Waals surface area contributed by atoms with Gasteiger partial charge < -0.3 is 9.73 Å². The molecule has 1 amide bonds. The zero-order valence-corrected chi connectivity index (χ0v) is 12.1. The summed E-state index contributed by atoms with van der Waals surface area (Å²) in [4.78, 5) is 14.1. The second-order valence-corrected chi connectivity index (χ2v) is 5.16. The van der Waals surface area contributed by atoms with Gasteiger partial charge in [0.15, 0.2) is 0 Å². The van der Waals surface area contributed by atoms with E-state index in [0.717, 1.165) is 25.1 Å². The first kappa shape index (κ1) is 14.6. The number of nitrogens with one attached hydrogen (secondary N) is 2. The number of nitrogens with zero attached hydrogens (tertiary/aromatic N) is 2. The molecule has 0 spiro atoms. The van der Waals surface area contributed by atoms with Crippen LogP contribution in [-0.4, -0.2) is 43.5 Å². The number of carbonyl (C=O) groups is 1. The number of hydrogen-bond acceptors (Lipinski definition) is 5. The average Bonchev–Trinajstić information content (AvgIpc) is 2.95. The van der Waals surface area contributed by atoms with Crippen molar-refractivity contribution in [2.75, 3.05) is 32.0 Å². The highest BCUT2D eigenvalue weighted by atomic mass is 16.4. The van der Waals surface area contributed by atoms with Gasteiger partial charge in [0.1, 0.15) is 17.4 Å². The molecule has 108 valence electrons. The number of likely N-dealkylation sites (N-methyl/N-ethyl adjacent to an activating group) is 1. The highest BCUT2D eigenvalue weighted by Crippen LogP contribution is 2.25. The van der Waals surface area contributed by atoms with Gasteiger partial charge in [0, 0.05) is 24.7 Å². The zero-order valence-electron chi connectivity index (χ0n) is 12.1. The summed E-state index contributed by atoms with van der Waals surface area (Å²) in [5, 5.41) is 15.0. The largest absolute Gasteiger partial charge is 0.444 e. The van der Waals surface area contributed by atoms with Crippen molar-refractivity contribution in [3.63, 3.8) is 0 Å². The fraction of sp³-hybridized carbons (Fsp3) is 0.571. The van der Waals surface area contributed by atoms with Gasteiger partial charge >= 0.3 is 0 Å². The first-order valence-corrected chi connectivity index (χ1v) is 6.74. The van der Waals surface area contributed by atoms with Gasteiger partial charge in [0.25, 0.3) is 0 Å². The lowest BCUT2D eigenvalue weighted by molar-refractivity contribution is -0.117. The fourth-order valence-corrected chi connectivity index (χ4v) is 2.43. The molecule has 1 unspecified atom stereocenters. The molecule has 2 N–H and O–H groups in total. The molecular formula is C14H20N4O2. The van der Waals surface area contributed by atoms with E-state index in [1.165, 1.54) is 0 Å². The van der Waals surface area contributed by atoms with Gasteiger partial charge in [-0.05, 0) is 27.3 Å². The van der Waals surface area contributed by atoms with E-state index < -0.39 is 0 Å². The van der Waals surface area contributed by atoms with Crippen molar-refractivity contribution in [2.45, 2.75) is 26.3 Å². The third kappa shape index (κ3) is 3.00. The van der Waals surface area contributed by atoms with Crippen molar-refractivity contribution in [3.8, 4) is 6.07 Å². The van der Waals surface area contributed by atoms with Crippen LogP contribution in [0.3, 0.4) is 0 Å². The van der Waals surface area contributed by atoms with Crippen molar-refractivity contribution < 1.29 is 9.21 Å². The van der Waals surface area contributed by atoms with Gasteiger partial charge in [0.2, 0.25) is 11.8 Å². The van der Waals surface area contributed by atoms with Gasteiger partial charge in [-0.25, -0.2) is 0 Å². The molecule has 1 aromatic heterocycles. The number of carbonyl (C=O) groups excluding carboxylic acids is 1. The lowest BCUT2D eigenvalue weighted by atomic mass is 10.2. The number of amides is 1. The number of anilines is 1. The summed E-state index contributed by atoms with van der Waals surface area (Å²) in [7, 11) is 1.93. The summed E-state index contributed by atoms with van der Waals surface area (Å²) in [5.74, 6) is 0.775. The molecule has 1 fully saturated rings. The SMILES string of the molecule is CNC1CCN(CC(=O)Nc2oc(C)c(C)c2C#N)C1. The molecule has 0 aliphatic carbocycles. The minimum absolute atomic E-state index is 0.146. The third-order valence-corrected chi connectivity index (χ3v) is 3.80. The van der Waals surface area contributed by atoms with Crippen LogP contribution in [-0.2, 0) is 4.79 Å². The van der Waals surface area contributed by atoms with Crippen molar-refractivity contribution in [1.82, 2.24) is 10.2 Å². The average molecular weight is 276 g/mol. The Morgan fingerprint density at radius 1 is 1.55 bits per heavy atom. The quantitative estimate of drug-likeness (QED) is 0.857. The number of nitriles is 1. The summed E-state index contributed by atoms with van der Waals surface area (Å²) in [5.41, 5.74) is 1.18. The first-order chi connectivity index (χ1) is 9.55. The summed E-state index contributed by atoms with van der Waals surface area (Å²) in [6, 6.07) is 2.52. The smallest absolute Gasteiger partial charge is 0.240 e. The highest BCUT2D eigenvalue weighted by Gasteiger charge is 2.24. The summed E-state index contributed by atoms with van der Waals surface area (Å²) in [6.07, 6.45) is 1.05. The second kappa shape index (κ2) is 6.07. The third-order valence-electron chi connectivity index (χ3n) is 3.80. The number of furan rings is 1. The molecule has 0 aromatic carbocycles. The molecular weight excluding hydrogens is 256 g/mol. The van der Waals surface area contributed by atoms with Crippen LogP contribution in [0.15, 0.2) is 4.42 Å². The van der Waals surface area contributed by atoms with Gasteiger partial charge in [0.05, 0.1) is 6.54 Å². The maximum absolute atomic E-state index is 12.0. The molecule has 6 heteroatoms. The maximum atomic E-state index is 12.0. The van der Waals surface area contributed by atoms with E-state index in [4.69, 9.17) is 9.68 Å². The molecule has 1 aliphatic heterocycles. The molecule has 0 saturated carbocycles. The maximum Gasteiger partial charge on any atom is 0.240 e. The molecule has 2 rings (SSSR count). The topological polar surface area (TPSA) is 81.3 Å². The van der Waals surface area contributed by atoms with Crippen LogP contribution < -0.4 is 10.6 Å². The number of rotatable bonds is 4. The van der Waals surface area contributed by atoms with E-state index in [1.807, 2.05) is 14.0 Å². The summed E-state index contributed by atoms with van der Waals surface area (Å²) in [6.45, 7) is 5.68. The Hall–Kier alpha value is -1.84. The lowest BCUT2D eigenvalue weighted by Crippen LogP contribution is -2.34. The van der Waals surface area contributed by atoms with Crippen LogP contribution in [0.5, 0.6) is 0 Å². The van der Waals surface area contributed by atoms with E-state index in [9.17, 15) is 4.79 Å². The van der Waals surface area contributed by atoms with Crippen LogP contribution >= 0.6 is 0 Å². The monoisotopic (exact) mass is 276 g/mol. The van der Waals surface area contributed by atoms with Crippen LogP contribution in [0.25, 0.3) is 0 Å². The molecule has 1 aliphatic rings. The van der Waals surface area contributed by atoms with Crippen LogP contribution in [0.2, 0.25) is 0 Å². The van der Waals surface area contributed by atoms with E-state index in [-0.39, 0.29) is 11.8 Å². The molecule has 1 aromatic rings. The number of likely N-dealkylation sites (tertiary alicyclic amines) is 1. The normalized spacial score (nSPS) is 19.0. The number of hydrogen-bond donors (Lipinski definition) is 2. The van der Waals surface area contributed by atoms with E-state index >= 15 is 0 Å². The number of aryl methyl sites for hydroxylation is 1. The van der Waals surface area contributed by atoms with E-state index in [0.29, 0.717) is 23.9 Å². The van der Waals surface area contributed by atoms with E-state index in [1.54, 1.807) is 6.92 Å². The zero-order chi connectivity index (χ0) is 14.7. The lowest BCUT2D eigenvalue weighted by Gasteiger charge is -2.14. The molecule has 1 saturated heterocycles. The predicted octanol–water partition coefficient (Wildman–Crippen LogP) is 1.00. The van der Waals surface area contributed by atoms with Gasteiger partial charge in [-0.3, -0.25) is 15.0 Å². The molecule has 0 radical (unpaired) electrons. The van der Waals surface area contributed by atoms with Crippen molar-refractivity contribution in [3.05, 3.63) is 16.9 Å². The minimum atomic E-state index is -0.146.